The van der Waals surface area contributed by atoms with Gasteiger partial charge in [0.25, 0.3) is 0 Å². The van der Waals surface area contributed by atoms with Crippen LogP contribution in [0.4, 0.5) is 4.79 Å². The molecule has 2 aliphatic rings. The molecule has 102 valence electrons. The van der Waals surface area contributed by atoms with Crippen LogP contribution in [0.2, 0.25) is 0 Å². The molecule has 0 radical (unpaired) electrons. The third-order valence-corrected chi connectivity index (χ3v) is 3.82. The second-order valence-electron chi connectivity index (χ2n) is 6.28. The summed E-state index contributed by atoms with van der Waals surface area (Å²) in [6, 6.07) is 0. The Morgan fingerprint density at radius 2 is 2.00 bits per heavy atom. The SMILES string of the molecule is CN1CCC(=O)C12CCN(C(=O)OC(C)(C)C)C2. The first-order chi connectivity index (χ1) is 8.24. The topological polar surface area (TPSA) is 49.9 Å². The van der Waals surface area contributed by atoms with Gasteiger partial charge < -0.3 is 9.64 Å². The molecule has 1 unspecified atom stereocenters. The molecule has 5 heteroatoms. The van der Waals surface area contributed by atoms with Crippen LogP contribution in [0.25, 0.3) is 0 Å². The lowest BCUT2D eigenvalue weighted by Gasteiger charge is -2.30. The summed E-state index contributed by atoms with van der Waals surface area (Å²) in [4.78, 5) is 27.8. The van der Waals surface area contributed by atoms with Crippen LogP contribution in [-0.2, 0) is 9.53 Å². The standard InChI is InChI=1S/C13H22N2O3/c1-12(2,3)18-11(17)15-8-6-13(9-15)10(16)5-7-14(13)4/h5-9H2,1-4H3. The lowest BCUT2D eigenvalue weighted by atomic mass is 9.94. The predicted octanol–water partition coefficient (Wildman–Crippen LogP) is 1.27. The van der Waals surface area contributed by atoms with Gasteiger partial charge in [0.2, 0.25) is 0 Å². The second kappa shape index (κ2) is 4.23. The van der Waals surface area contributed by atoms with Crippen molar-refractivity contribution in [1.82, 2.24) is 9.80 Å². The number of hydrogen-bond acceptors (Lipinski definition) is 4. The number of carbonyl (C=O) groups excluding carboxylic acids is 2. The average molecular weight is 254 g/mol. The minimum atomic E-state index is -0.488. The Bertz CT molecular complexity index is 375. The first-order valence-electron chi connectivity index (χ1n) is 6.47. The second-order valence-corrected chi connectivity index (χ2v) is 6.28. The Kier molecular flexibility index (Phi) is 3.13. The first kappa shape index (κ1) is 13.3. The van der Waals surface area contributed by atoms with Gasteiger partial charge in [-0.05, 0) is 34.2 Å². The Hall–Kier alpha value is -1.10. The molecule has 18 heavy (non-hydrogen) atoms. The van der Waals surface area contributed by atoms with E-state index in [0.717, 1.165) is 13.0 Å². The molecule has 2 fully saturated rings. The predicted molar refractivity (Wildman–Crippen MR) is 67.4 cm³/mol. The highest BCUT2D eigenvalue weighted by Gasteiger charge is 2.52. The number of amides is 1. The average Bonchev–Trinajstić information content (AvgIpc) is 2.78. The van der Waals surface area contributed by atoms with Gasteiger partial charge in [-0.3, -0.25) is 9.69 Å². The van der Waals surface area contributed by atoms with E-state index >= 15 is 0 Å². The van der Waals surface area contributed by atoms with Crippen LogP contribution in [0.5, 0.6) is 0 Å². The Morgan fingerprint density at radius 1 is 1.33 bits per heavy atom. The van der Waals surface area contributed by atoms with E-state index in [1.54, 1.807) is 4.90 Å². The third-order valence-electron chi connectivity index (χ3n) is 3.82. The van der Waals surface area contributed by atoms with Gasteiger partial charge in [0, 0.05) is 26.1 Å². The van der Waals surface area contributed by atoms with Crippen LogP contribution in [0.3, 0.4) is 0 Å². The van der Waals surface area contributed by atoms with Gasteiger partial charge in [-0.2, -0.15) is 0 Å². The van der Waals surface area contributed by atoms with Crippen molar-refractivity contribution in [3.63, 3.8) is 0 Å². The zero-order valence-electron chi connectivity index (χ0n) is 11.7. The number of Topliss-reactive ketones (excluding diaryl/α,β-unsaturated/α-hetero) is 1. The summed E-state index contributed by atoms with van der Waals surface area (Å²) in [5, 5.41) is 0. The van der Waals surface area contributed by atoms with Gasteiger partial charge in [0.1, 0.15) is 5.60 Å². The number of likely N-dealkylation sites (tertiary alicyclic amines) is 2. The molecular formula is C13H22N2O3. The van der Waals surface area contributed by atoms with E-state index in [1.165, 1.54) is 0 Å². The molecule has 2 saturated heterocycles. The molecule has 0 aromatic rings. The summed E-state index contributed by atoms with van der Waals surface area (Å²) in [7, 11) is 1.96. The van der Waals surface area contributed by atoms with Crippen molar-refractivity contribution in [2.75, 3.05) is 26.7 Å². The number of ketones is 1. The minimum absolute atomic E-state index is 0.260. The summed E-state index contributed by atoms with van der Waals surface area (Å²) < 4.78 is 5.35. The van der Waals surface area contributed by atoms with Crippen LogP contribution in [0, 0.1) is 0 Å². The Morgan fingerprint density at radius 3 is 2.50 bits per heavy atom. The molecule has 0 bridgehead atoms. The van der Waals surface area contributed by atoms with Gasteiger partial charge in [0.15, 0.2) is 5.78 Å². The summed E-state index contributed by atoms with van der Waals surface area (Å²) >= 11 is 0. The maximum absolute atomic E-state index is 12.0. The Balaban J connectivity index is 2.04. The van der Waals surface area contributed by atoms with Gasteiger partial charge in [-0.1, -0.05) is 0 Å². The van der Waals surface area contributed by atoms with E-state index in [0.29, 0.717) is 19.5 Å². The first-order valence-corrected chi connectivity index (χ1v) is 6.47. The van der Waals surface area contributed by atoms with Crippen LogP contribution >= 0.6 is 0 Å². The molecule has 1 atom stereocenters. The molecule has 5 nitrogen and oxygen atoms in total. The normalized spacial score (nSPS) is 29.3. The largest absolute Gasteiger partial charge is 0.444 e. The quantitative estimate of drug-likeness (QED) is 0.653. The number of rotatable bonds is 0. The van der Waals surface area contributed by atoms with Crippen LogP contribution in [0.1, 0.15) is 33.6 Å². The molecule has 1 spiro atoms. The molecule has 2 heterocycles. The number of nitrogens with zero attached hydrogens (tertiary/aromatic N) is 2. The van der Waals surface area contributed by atoms with Gasteiger partial charge in [-0.15, -0.1) is 0 Å². The zero-order valence-corrected chi connectivity index (χ0v) is 11.7. The number of carbonyl (C=O) groups is 2. The molecule has 0 saturated carbocycles. The number of hydrogen-bond donors (Lipinski definition) is 0. The molecule has 0 aromatic carbocycles. The molecular weight excluding hydrogens is 232 g/mol. The van der Waals surface area contributed by atoms with Crippen molar-refractivity contribution in [2.24, 2.45) is 0 Å². The fourth-order valence-corrected chi connectivity index (χ4v) is 2.74. The lowest BCUT2D eigenvalue weighted by Crippen LogP contribution is -2.49. The summed E-state index contributed by atoms with van der Waals surface area (Å²) in [6.45, 7) is 7.42. The van der Waals surface area contributed by atoms with Gasteiger partial charge in [-0.25, -0.2) is 4.79 Å². The zero-order chi connectivity index (χ0) is 13.6. The van der Waals surface area contributed by atoms with Crippen molar-refractivity contribution in [3.8, 4) is 0 Å². The van der Waals surface area contributed by atoms with Crippen LogP contribution in [0.15, 0.2) is 0 Å². The van der Waals surface area contributed by atoms with E-state index in [4.69, 9.17) is 4.74 Å². The Labute approximate surface area is 108 Å². The molecule has 0 aliphatic carbocycles. The summed E-state index contributed by atoms with van der Waals surface area (Å²) in [5.41, 5.74) is -0.935. The molecule has 2 aliphatic heterocycles. The van der Waals surface area contributed by atoms with E-state index in [1.807, 2.05) is 27.8 Å². The number of ether oxygens (including phenoxy) is 1. The monoisotopic (exact) mass is 254 g/mol. The highest BCUT2D eigenvalue weighted by Crippen LogP contribution is 2.34. The highest BCUT2D eigenvalue weighted by molar-refractivity contribution is 5.92. The van der Waals surface area contributed by atoms with E-state index in [9.17, 15) is 9.59 Å². The van der Waals surface area contributed by atoms with E-state index in [-0.39, 0.29) is 11.9 Å². The van der Waals surface area contributed by atoms with E-state index in [2.05, 4.69) is 4.90 Å². The molecule has 0 N–H and O–H groups in total. The van der Waals surface area contributed by atoms with Crippen molar-refractivity contribution >= 4 is 11.9 Å². The maximum atomic E-state index is 12.0. The smallest absolute Gasteiger partial charge is 0.410 e. The summed E-state index contributed by atoms with van der Waals surface area (Å²) in [6.07, 6.45) is 1.01. The lowest BCUT2D eigenvalue weighted by molar-refractivity contribution is -0.124. The fraction of sp³-hybridized carbons (Fsp3) is 0.846. The minimum Gasteiger partial charge on any atom is -0.444 e. The van der Waals surface area contributed by atoms with Gasteiger partial charge in [0.05, 0.1) is 5.54 Å². The van der Waals surface area contributed by atoms with Crippen molar-refractivity contribution in [1.29, 1.82) is 0 Å². The molecule has 1 amide bonds. The molecule has 2 rings (SSSR count). The van der Waals surface area contributed by atoms with Crippen LogP contribution < -0.4 is 0 Å². The fourth-order valence-electron chi connectivity index (χ4n) is 2.74. The van der Waals surface area contributed by atoms with Gasteiger partial charge >= 0.3 is 6.09 Å². The third kappa shape index (κ3) is 2.23. The maximum Gasteiger partial charge on any atom is 0.410 e. The summed E-state index contributed by atoms with van der Waals surface area (Å²) in [5.74, 6) is 0.260. The molecule has 0 aromatic heterocycles. The van der Waals surface area contributed by atoms with Crippen molar-refractivity contribution in [2.45, 2.75) is 44.8 Å². The van der Waals surface area contributed by atoms with Crippen LogP contribution in [-0.4, -0.2) is 59.5 Å². The van der Waals surface area contributed by atoms with Crippen molar-refractivity contribution < 1.29 is 14.3 Å². The van der Waals surface area contributed by atoms with Crippen molar-refractivity contribution in [3.05, 3.63) is 0 Å². The van der Waals surface area contributed by atoms with E-state index < -0.39 is 11.1 Å². The highest BCUT2D eigenvalue weighted by atomic mass is 16.6. The number of likely N-dealkylation sites (N-methyl/N-ethyl adjacent to an activating group) is 1.